The minimum Gasteiger partial charge on any atom is -0.484 e. The standard InChI is InChI=1S/C11H14F2O4S2/c1-3-4-17-9-6-5-11(12,13)8(14)7(6)10(18-9)19(2,15)16/h8,14H,3-5H2,1-2H3/t8-/m0/s1. The molecule has 0 radical (unpaired) electrons. The summed E-state index contributed by atoms with van der Waals surface area (Å²) in [5.74, 6) is -3.34. The highest BCUT2D eigenvalue weighted by atomic mass is 32.2. The first kappa shape index (κ1) is 14.7. The normalized spacial score (nSPS) is 21.4. The van der Waals surface area contributed by atoms with Crippen LogP contribution in [0.5, 0.6) is 5.06 Å². The number of hydrogen-bond donors (Lipinski definition) is 1. The van der Waals surface area contributed by atoms with Gasteiger partial charge in [-0.2, -0.15) is 0 Å². The smallest absolute Gasteiger partial charge is 0.281 e. The van der Waals surface area contributed by atoms with Crippen molar-refractivity contribution < 1.29 is 27.0 Å². The van der Waals surface area contributed by atoms with Gasteiger partial charge in [-0.05, 0) is 6.42 Å². The summed E-state index contributed by atoms with van der Waals surface area (Å²) < 4.78 is 55.4. The lowest BCUT2D eigenvalue weighted by Gasteiger charge is -2.14. The van der Waals surface area contributed by atoms with Gasteiger partial charge in [-0.15, -0.1) is 0 Å². The number of ether oxygens (including phenoxy) is 1. The fourth-order valence-corrected chi connectivity index (χ4v) is 4.44. The molecule has 0 amide bonds. The van der Waals surface area contributed by atoms with Crippen LogP contribution in [0.4, 0.5) is 8.78 Å². The van der Waals surface area contributed by atoms with E-state index in [4.69, 9.17) is 4.74 Å². The van der Waals surface area contributed by atoms with Crippen LogP contribution in [0.2, 0.25) is 0 Å². The van der Waals surface area contributed by atoms with Crippen molar-refractivity contribution in [2.24, 2.45) is 0 Å². The molecule has 8 heteroatoms. The molecule has 108 valence electrons. The number of rotatable bonds is 4. The highest BCUT2D eigenvalue weighted by Gasteiger charge is 2.51. The molecule has 0 unspecified atom stereocenters. The van der Waals surface area contributed by atoms with E-state index < -0.39 is 28.3 Å². The summed E-state index contributed by atoms with van der Waals surface area (Å²) in [4.78, 5) is 0. The third-order valence-electron chi connectivity index (χ3n) is 2.84. The molecule has 19 heavy (non-hydrogen) atoms. The highest BCUT2D eigenvalue weighted by molar-refractivity contribution is 7.92. The number of sulfone groups is 1. The van der Waals surface area contributed by atoms with E-state index in [-0.39, 0.29) is 20.4 Å². The minimum atomic E-state index is -3.67. The molecule has 0 saturated carbocycles. The number of aliphatic hydroxyl groups excluding tert-OH is 1. The Kier molecular flexibility index (Phi) is 3.61. The summed E-state index contributed by atoms with van der Waals surface area (Å²) in [6, 6.07) is 0. The van der Waals surface area contributed by atoms with E-state index in [1.807, 2.05) is 6.92 Å². The zero-order valence-electron chi connectivity index (χ0n) is 10.4. The number of aliphatic hydroxyl groups is 1. The molecule has 0 aliphatic heterocycles. The average molecular weight is 312 g/mol. The third-order valence-corrected chi connectivity index (χ3v) is 5.84. The lowest BCUT2D eigenvalue weighted by atomic mass is 10.2. The van der Waals surface area contributed by atoms with E-state index >= 15 is 0 Å². The summed E-state index contributed by atoms with van der Waals surface area (Å²) in [5, 5.41) is 9.80. The number of alkyl halides is 2. The molecule has 1 N–H and O–H groups in total. The summed E-state index contributed by atoms with van der Waals surface area (Å²) in [7, 11) is -3.67. The van der Waals surface area contributed by atoms with Crippen molar-refractivity contribution in [1.82, 2.24) is 0 Å². The molecule has 0 spiro atoms. The van der Waals surface area contributed by atoms with Gasteiger partial charge >= 0.3 is 0 Å². The molecule has 4 nitrogen and oxygen atoms in total. The second-order valence-corrected chi connectivity index (χ2v) is 7.72. The fraction of sp³-hybridized carbons (Fsp3) is 0.636. The maximum absolute atomic E-state index is 13.5. The van der Waals surface area contributed by atoms with E-state index in [1.165, 1.54) is 0 Å². The largest absolute Gasteiger partial charge is 0.484 e. The second-order valence-electron chi connectivity index (χ2n) is 4.53. The van der Waals surface area contributed by atoms with E-state index in [0.717, 1.165) is 17.6 Å². The van der Waals surface area contributed by atoms with Gasteiger partial charge in [-0.25, -0.2) is 17.2 Å². The van der Waals surface area contributed by atoms with Gasteiger partial charge in [0.15, 0.2) is 14.9 Å². The van der Waals surface area contributed by atoms with Crippen LogP contribution in [0, 0.1) is 0 Å². The van der Waals surface area contributed by atoms with Crippen molar-refractivity contribution in [3.8, 4) is 5.06 Å². The van der Waals surface area contributed by atoms with Crippen LogP contribution >= 0.6 is 11.3 Å². The summed E-state index contributed by atoms with van der Waals surface area (Å²) in [5.41, 5.74) is -0.0695. The van der Waals surface area contributed by atoms with Crippen LogP contribution in [-0.2, 0) is 16.3 Å². The Bertz CT molecular complexity index is 592. The Labute approximate surface area is 113 Å². The Morgan fingerprint density at radius 2 is 2.16 bits per heavy atom. The summed E-state index contributed by atoms with van der Waals surface area (Å²) in [6.07, 6.45) is -1.15. The molecule has 1 heterocycles. The van der Waals surface area contributed by atoms with Crippen LogP contribution in [0.3, 0.4) is 0 Å². The summed E-state index contributed by atoms with van der Waals surface area (Å²) >= 11 is 0.810. The summed E-state index contributed by atoms with van der Waals surface area (Å²) in [6.45, 7) is 2.17. The number of hydrogen-bond acceptors (Lipinski definition) is 5. The van der Waals surface area contributed by atoms with Crippen LogP contribution in [-0.4, -0.2) is 32.3 Å². The molecule has 0 saturated heterocycles. The van der Waals surface area contributed by atoms with Crippen molar-refractivity contribution in [3.63, 3.8) is 0 Å². The minimum absolute atomic E-state index is 0.122. The van der Waals surface area contributed by atoms with Gasteiger partial charge in [0, 0.05) is 23.8 Å². The molecule has 1 aliphatic rings. The second kappa shape index (κ2) is 4.68. The van der Waals surface area contributed by atoms with E-state index in [1.54, 1.807) is 0 Å². The number of fused-ring (bicyclic) bond motifs is 1. The fourth-order valence-electron chi connectivity index (χ4n) is 2.01. The van der Waals surface area contributed by atoms with E-state index in [2.05, 4.69) is 0 Å². The molecule has 1 atom stereocenters. The van der Waals surface area contributed by atoms with Crippen molar-refractivity contribution in [2.45, 2.75) is 36.0 Å². The quantitative estimate of drug-likeness (QED) is 0.925. The Morgan fingerprint density at radius 3 is 2.68 bits per heavy atom. The monoisotopic (exact) mass is 312 g/mol. The van der Waals surface area contributed by atoms with Gasteiger partial charge in [0.05, 0.1) is 6.61 Å². The lowest BCUT2D eigenvalue weighted by molar-refractivity contribution is -0.0976. The van der Waals surface area contributed by atoms with Crippen molar-refractivity contribution in [1.29, 1.82) is 0 Å². The Hall–Kier alpha value is -0.730. The van der Waals surface area contributed by atoms with Crippen molar-refractivity contribution in [2.75, 3.05) is 12.9 Å². The predicted octanol–water partition coefficient (Wildman–Crippen LogP) is 2.17. The SMILES string of the molecule is CCCOc1sc(S(C)(=O)=O)c2c1CC(F)(F)[C@H]2O. The average Bonchev–Trinajstić information content (AvgIpc) is 2.72. The maximum Gasteiger partial charge on any atom is 0.281 e. The molecule has 1 aromatic heterocycles. The molecular weight excluding hydrogens is 298 g/mol. The van der Waals surface area contributed by atoms with Crippen LogP contribution in [0.15, 0.2) is 4.21 Å². The first-order valence-corrected chi connectivity index (χ1v) is 8.43. The molecular formula is C11H14F2O4S2. The highest BCUT2D eigenvalue weighted by Crippen LogP contribution is 2.53. The molecule has 1 aromatic rings. The third kappa shape index (κ3) is 2.48. The van der Waals surface area contributed by atoms with Gasteiger partial charge in [-0.1, -0.05) is 18.3 Å². The Morgan fingerprint density at radius 1 is 1.53 bits per heavy atom. The van der Waals surface area contributed by atoms with Crippen LogP contribution in [0.25, 0.3) is 0 Å². The number of halogens is 2. The number of thiophene rings is 1. The zero-order chi connectivity index (χ0) is 14.4. The van der Waals surface area contributed by atoms with E-state index in [9.17, 15) is 22.3 Å². The molecule has 0 aromatic carbocycles. The van der Waals surface area contributed by atoms with Gasteiger partial charge in [0.25, 0.3) is 5.92 Å². The van der Waals surface area contributed by atoms with Gasteiger partial charge < -0.3 is 9.84 Å². The Balaban J connectivity index is 2.56. The first-order chi connectivity index (χ1) is 8.68. The predicted molar refractivity (Wildman–Crippen MR) is 66.8 cm³/mol. The van der Waals surface area contributed by atoms with Crippen molar-refractivity contribution >= 4 is 21.2 Å². The topological polar surface area (TPSA) is 63.6 Å². The van der Waals surface area contributed by atoms with Crippen molar-refractivity contribution in [3.05, 3.63) is 11.1 Å². The molecule has 1 aliphatic carbocycles. The van der Waals surface area contributed by atoms with Gasteiger partial charge in [0.2, 0.25) is 0 Å². The van der Waals surface area contributed by atoms with Crippen LogP contribution in [0.1, 0.15) is 30.6 Å². The van der Waals surface area contributed by atoms with Gasteiger partial charge in [-0.3, -0.25) is 0 Å². The maximum atomic E-state index is 13.5. The van der Waals surface area contributed by atoms with Gasteiger partial charge in [0.1, 0.15) is 10.3 Å². The van der Waals surface area contributed by atoms with Crippen LogP contribution < -0.4 is 4.74 Å². The lowest BCUT2D eigenvalue weighted by Crippen LogP contribution is -2.22. The zero-order valence-corrected chi connectivity index (χ0v) is 12.1. The molecule has 0 fully saturated rings. The van der Waals surface area contributed by atoms with E-state index in [0.29, 0.717) is 13.0 Å². The molecule has 0 bridgehead atoms. The molecule has 2 rings (SSSR count). The first-order valence-electron chi connectivity index (χ1n) is 5.72.